The maximum atomic E-state index is 12.6. The monoisotopic (exact) mass is 512 g/mol. The van der Waals surface area contributed by atoms with Crippen molar-refractivity contribution in [1.82, 2.24) is 9.88 Å². The molecule has 1 aliphatic heterocycles. The number of amides is 3. The van der Waals surface area contributed by atoms with Crippen LogP contribution in [0.2, 0.25) is 5.02 Å². The summed E-state index contributed by atoms with van der Waals surface area (Å²) < 4.78 is 0. The average molecular weight is 513 g/mol. The largest absolute Gasteiger partial charge is 0.302 e. The Labute approximate surface area is 209 Å². The van der Waals surface area contributed by atoms with Crippen LogP contribution >= 0.6 is 22.9 Å². The average Bonchev–Trinajstić information content (AvgIpc) is 3.31. The second-order valence-corrected chi connectivity index (χ2v) is 9.65. The smallest absolute Gasteiger partial charge is 0.282 e. The maximum Gasteiger partial charge on any atom is 0.282 e. The van der Waals surface area contributed by atoms with Gasteiger partial charge in [0.05, 0.1) is 16.2 Å². The number of nitro benzene ring substituents is 1. The summed E-state index contributed by atoms with van der Waals surface area (Å²) in [5.74, 6) is -1.34. The number of aryl methyl sites for hydroxylation is 1. The topological polar surface area (TPSA) is 123 Å². The van der Waals surface area contributed by atoms with Crippen molar-refractivity contribution < 1.29 is 19.3 Å². The lowest BCUT2D eigenvalue weighted by atomic mass is 10.1. The number of unbranched alkanes of at least 4 members (excludes halogenated alkanes) is 2. The van der Waals surface area contributed by atoms with Gasteiger partial charge in [-0.15, -0.1) is 11.3 Å². The van der Waals surface area contributed by atoms with E-state index in [0.29, 0.717) is 29.4 Å². The summed E-state index contributed by atoms with van der Waals surface area (Å²) >= 11 is 7.33. The number of rotatable bonds is 9. The molecule has 0 atom stereocenters. The zero-order chi connectivity index (χ0) is 25.1. The molecule has 9 nitrogen and oxygen atoms in total. The molecule has 35 heavy (non-hydrogen) atoms. The first-order chi connectivity index (χ1) is 16.8. The van der Waals surface area contributed by atoms with Gasteiger partial charge >= 0.3 is 0 Å². The summed E-state index contributed by atoms with van der Waals surface area (Å²) in [6.45, 7) is 2.08. The van der Waals surface area contributed by atoms with Crippen LogP contribution in [-0.4, -0.2) is 39.1 Å². The minimum Gasteiger partial charge on any atom is -0.302 e. The molecule has 2 heterocycles. The number of nitro groups is 1. The number of anilines is 1. The molecule has 1 N–H and O–H groups in total. The molecule has 0 saturated heterocycles. The maximum absolute atomic E-state index is 12.6. The van der Waals surface area contributed by atoms with E-state index in [1.165, 1.54) is 29.5 Å². The van der Waals surface area contributed by atoms with Crippen LogP contribution in [0.15, 0.2) is 42.5 Å². The molecule has 11 heteroatoms. The van der Waals surface area contributed by atoms with Crippen molar-refractivity contribution in [2.75, 3.05) is 11.9 Å². The Morgan fingerprint density at radius 1 is 1.11 bits per heavy atom. The van der Waals surface area contributed by atoms with Crippen molar-refractivity contribution in [3.8, 4) is 11.3 Å². The van der Waals surface area contributed by atoms with Crippen LogP contribution in [0.1, 0.15) is 51.3 Å². The molecule has 0 spiro atoms. The fraction of sp³-hybridized carbons (Fsp3) is 0.250. The molecule has 1 aliphatic rings. The van der Waals surface area contributed by atoms with Gasteiger partial charge in [-0.1, -0.05) is 36.2 Å². The Bertz CT molecular complexity index is 1320. The van der Waals surface area contributed by atoms with Crippen LogP contribution in [-0.2, 0) is 4.79 Å². The molecule has 3 aromatic rings. The van der Waals surface area contributed by atoms with E-state index in [1.54, 1.807) is 12.1 Å². The van der Waals surface area contributed by atoms with E-state index in [4.69, 9.17) is 11.6 Å². The number of imide groups is 1. The van der Waals surface area contributed by atoms with Crippen LogP contribution in [0, 0.1) is 17.0 Å². The fourth-order valence-electron chi connectivity index (χ4n) is 3.91. The SMILES string of the molecule is Cc1sc(NC(=O)CCCCCN2C(=O)c3cccc([N+](=O)[O-])c3C2=O)nc1-c1ccc(Cl)cc1. The van der Waals surface area contributed by atoms with Gasteiger partial charge in [-0.25, -0.2) is 4.98 Å². The number of carbonyl (C=O) groups is 3. The normalized spacial score (nSPS) is 12.7. The molecular weight excluding hydrogens is 492 g/mol. The first-order valence-electron chi connectivity index (χ1n) is 10.9. The Balaban J connectivity index is 1.25. The lowest BCUT2D eigenvalue weighted by Gasteiger charge is -2.13. The highest BCUT2D eigenvalue weighted by Gasteiger charge is 2.40. The number of hydrogen-bond donors (Lipinski definition) is 1. The quantitative estimate of drug-likeness (QED) is 0.175. The number of fused-ring (bicyclic) bond motifs is 1. The standard InChI is InChI=1S/C24H21ClN4O5S/c1-14-21(15-9-11-16(25)12-10-15)27-24(35-14)26-19(30)8-3-2-4-13-28-22(31)17-6-5-7-18(29(33)34)20(17)23(28)32/h5-7,9-12H,2-4,8,13H2,1H3,(H,26,27,30). The number of benzene rings is 2. The molecular formula is C24H21ClN4O5S. The lowest BCUT2D eigenvalue weighted by Crippen LogP contribution is -2.30. The van der Waals surface area contributed by atoms with Crippen molar-refractivity contribution in [2.24, 2.45) is 0 Å². The minimum atomic E-state index is -0.658. The second kappa shape index (κ2) is 10.3. The van der Waals surface area contributed by atoms with Crippen LogP contribution in [0.25, 0.3) is 11.3 Å². The molecule has 0 unspecified atom stereocenters. The number of aromatic nitrogens is 1. The van der Waals surface area contributed by atoms with Crippen molar-refractivity contribution in [3.63, 3.8) is 0 Å². The molecule has 0 saturated carbocycles. The van der Waals surface area contributed by atoms with Gasteiger partial charge in [0, 0.05) is 34.5 Å². The predicted molar refractivity (Wildman–Crippen MR) is 133 cm³/mol. The first-order valence-corrected chi connectivity index (χ1v) is 12.1. The summed E-state index contributed by atoms with van der Waals surface area (Å²) in [5.41, 5.74) is 1.25. The van der Waals surface area contributed by atoms with E-state index < -0.39 is 16.7 Å². The third-order valence-corrected chi connectivity index (χ3v) is 6.76. The first kappa shape index (κ1) is 24.5. The third-order valence-electron chi connectivity index (χ3n) is 5.62. The van der Waals surface area contributed by atoms with Crippen LogP contribution in [0.5, 0.6) is 0 Å². The highest BCUT2D eigenvalue weighted by atomic mass is 35.5. The molecule has 0 bridgehead atoms. The summed E-state index contributed by atoms with van der Waals surface area (Å²) in [6, 6.07) is 11.4. The van der Waals surface area contributed by atoms with Crippen LogP contribution < -0.4 is 5.32 Å². The number of hydrogen-bond acceptors (Lipinski definition) is 7. The van der Waals surface area contributed by atoms with E-state index in [2.05, 4.69) is 10.3 Å². The van der Waals surface area contributed by atoms with E-state index in [9.17, 15) is 24.5 Å². The van der Waals surface area contributed by atoms with Crippen LogP contribution in [0.4, 0.5) is 10.8 Å². The molecule has 1 aromatic heterocycles. The number of thiazole rings is 1. The summed E-state index contributed by atoms with van der Waals surface area (Å²) in [6.07, 6.45) is 1.92. The van der Waals surface area contributed by atoms with Gasteiger partial charge < -0.3 is 5.32 Å². The number of carbonyl (C=O) groups excluding carboxylic acids is 3. The number of nitrogens with zero attached hydrogens (tertiary/aromatic N) is 3. The van der Waals surface area contributed by atoms with Gasteiger partial charge in [0.15, 0.2) is 5.13 Å². The Kier molecular flexibility index (Phi) is 7.23. The van der Waals surface area contributed by atoms with Crippen molar-refractivity contribution in [2.45, 2.75) is 32.6 Å². The Hall–Kier alpha value is -3.63. The van der Waals surface area contributed by atoms with Gasteiger partial charge in [-0.05, 0) is 38.0 Å². The number of nitrogens with one attached hydrogen (secondary N) is 1. The highest BCUT2D eigenvalue weighted by molar-refractivity contribution is 7.16. The fourth-order valence-corrected chi connectivity index (χ4v) is 4.89. The molecule has 0 radical (unpaired) electrons. The molecule has 0 aliphatic carbocycles. The zero-order valence-electron chi connectivity index (χ0n) is 18.7. The zero-order valence-corrected chi connectivity index (χ0v) is 20.3. The van der Waals surface area contributed by atoms with Gasteiger partial charge in [0.2, 0.25) is 5.91 Å². The molecule has 0 fully saturated rings. The molecule has 3 amide bonds. The third kappa shape index (κ3) is 5.23. The van der Waals surface area contributed by atoms with E-state index in [1.807, 2.05) is 19.1 Å². The lowest BCUT2D eigenvalue weighted by molar-refractivity contribution is -0.385. The second-order valence-electron chi connectivity index (χ2n) is 8.01. The van der Waals surface area contributed by atoms with Crippen molar-refractivity contribution >= 4 is 51.5 Å². The van der Waals surface area contributed by atoms with Gasteiger partial charge in [0.25, 0.3) is 17.5 Å². The molecule has 4 rings (SSSR count). The highest BCUT2D eigenvalue weighted by Crippen LogP contribution is 2.32. The Morgan fingerprint density at radius 3 is 2.57 bits per heavy atom. The summed E-state index contributed by atoms with van der Waals surface area (Å²) in [7, 11) is 0. The predicted octanol–water partition coefficient (Wildman–Crippen LogP) is 5.48. The van der Waals surface area contributed by atoms with Gasteiger partial charge in [0.1, 0.15) is 5.56 Å². The summed E-state index contributed by atoms with van der Waals surface area (Å²) in [5, 5.41) is 15.2. The van der Waals surface area contributed by atoms with E-state index >= 15 is 0 Å². The minimum absolute atomic E-state index is 0.0558. The molecule has 180 valence electrons. The van der Waals surface area contributed by atoms with Gasteiger partial charge in [-0.2, -0.15) is 0 Å². The van der Waals surface area contributed by atoms with Crippen LogP contribution in [0.3, 0.4) is 0 Å². The Morgan fingerprint density at radius 2 is 1.86 bits per heavy atom. The number of halogens is 1. The van der Waals surface area contributed by atoms with E-state index in [0.717, 1.165) is 21.0 Å². The molecule has 2 aromatic carbocycles. The van der Waals surface area contributed by atoms with Gasteiger partial charge in [-0.3, -0.25) is 29.4 Å². The van der Waals surface area contributed by atoms with Crippen molar-refractivity contribution in [1.29, 1.82) is 0 Å². The van der Waals surface area contributed by atoms with Crippen molar-refractivity contribution in [3.05, 3.63) is 73.6 Å². The van der Waals surface area contributed by atoms with E-state index in [-0.39, 0.29) is 35.7 Å². The summed E-state index contributed by atoms with van der Waals surface area (Å²) in [4.78, 5) is 54.5.